The molecule has 3 N–H and O–H groups in total. The Labute approximate surface area is 46.3 Å². The summed E-state index contributed by atoms with van der Waals surface area (Å²) in [6, 6.07) is 0. The van der Waals surface area contributed by atoms with Gasteiger partial charge >= 0.3 is 0 Å². The van der Waals surface area contributed by atoms with Crippen LogP contribution in [-0.4, -0.2) is 10.8 Å². The van der Waals surface area contributed by atoms with Crippen LogP contribution in [0.1, 0.15) is 0 Å². The smallest absolute Gasteiger partial charge is 0.0891 e. The van der Waals surface area contributed by atoms with Crippen molar-refractivity contribution in [3.8, 4) is 0 Å². The molecule has 0 fully saturated rings. The van der Waals surface area contributed by atoms with Crippen molar-refractivity contribution >= 4 is 16.8 Å². The summed E-state index contributed by atoms with van der Waals surface area (Å²) in [6.07, 6.45) is 1.69. The molecule has 0 radical (unpaired) electrons. The van der Waals surface area contributed by atoms with E-state index in [0.29, 0.717) is 5.04 Å². The van der Waals surface area contributed by atoms with Crippen molar-refractivity contribution < 1.29 is 0 Å². The molecular formula is C4H6N2S. The predicted octanol–water partition coefficient (Wildman–Crippen LogP) is 0.553. The van der Waals surface area contributed by atoms with Crippen LogP contribution in [-0.2, 0) is 0 Å². The number of nitrogens with two attached hydrogens (primary N) is 1. The predicted molar refractivity (Wildman–Crippen MR) is 32.5 cm³/mol. The lowest BCUT2D eigenvalue weighted by atomic mass is 10.5. The first-order chi connectivity index (χ1) is 3.29. The molecule has 1 aliphatic heterocycles. The summed E-state index contributed by atoms with van der Waals surface area (Å²) < 4.78 is 0. The monoisotopic (exact) mass is 114 g/mol. The molecule has 1 rings (SSSR count). The van der Waals surface area contributed by atoms with Gasteiger partial charge in [-0.25, -0.2) is 0 Å². The summed E-state index contributed by atoms with van der Waals surface area (Å²) in [4.78, 5) is 0. The van der Waals surface area contributed by atoms with Gasteiger partial charge in [-0.15, -0.1) is 11.8 Å². The van der Waals surface area contributed by atoms with E-state index in [1.807, 2.05) is 0 Å². The molecule has 3 heteroatoms. The Morgan fingerprint density at radius 3 is 2.71 bits per heavy atom. The fourth-order valence-corrected chi connectivity index (χ4v) is 1.05. The second-order valence-corrected chi connectivity index (χ2v) is 2.39. The van der Waals surface area contributed by atoms with E-state index in [9.17, 15) is 0 Å². The third kappa shape index (κ3) is 0.962. The molecule has 0 bridgehead atoms. The molecule has 0 aliphatic carbocycles. The normalized spacial score (nSPS) is 20.0. The van der Waals surface area contributed by atoms with Crippen LogP contribution in [0.5, 0.6) is 0 Å². The topological polar surface area (TPSA) is 49.9 Å². The quantitative estimate of drug-likeness (QED) is 0.483. The summed E-state index contributed by atoms with van der Waals surface area (Å²) in [5, 5.41) is 7.57. The summed E-state index contributed by atoms with van der Waals surface area (Å²) in [5.74, 6) is 0.804. The summed E-state index contributed by atoms with van der Waals surface area (Å²) >= 11 is 1.47. The van der Waals surface area contributed by atoms with Crippen molar-refractivity contribution in [1.29, 1.82) is 5.41 Å². The lowest BCUT2D eigenvalue weighted by Crippen LogP contribution is -1.93. The van der Waals surface area contributed by atoms with Gasteiger partial charge in [-0.3, -0.25) is 5.41 Å². The zero-order valence-electron chi connectivity index (χ0n) is 3.77. The molecule has 0 saturated carbocycles. The Morgan fingerprint density at radius 1 is 1.86 bits per heavy atom. The number of rotatable bonds is 0. The second-order valence-electron chi connectivity index (χ2n) is 1.37. The highest BCUT2D eigenvalue weighted by molar-refractivity contribution is 8.14. The molecule has 0 aromatic carbocycles. The van der Waals surface area contributed by atoms with E-state index in [4.69, 9.17) is 11.1 Å². The van der Waals surface area contributed by atoms with Gasteiger partial charge < -0.3 is 5.73 Å². The lowest BCUT2D eigenvalue weighted by Gasteiger charge is -1.80. The van der Waals surface area contributed by atoms with E-state index in [2.05, 4.69) is 0 Å². The zero-order valence-corrected chi connectivity index (χ0v) is 4.59. The Hall–Kier alpha value is -0.440. The van der Waals surface area contributed by atoms with Gasteiger partial charge in [-0.05, 0) is 6.08 Å². The van der Waals surface area contributed by atoms with E-state index < -0.39 is 0 Å². The maximum atomic E-state index is 6.99. The summed E-state index contributed by atoms with van der Waals surface area (Å²) in [5.41, 5.74) is 6.14. The maximum Gasteiger partial charge on any atom is 0.0891 e. The van der Waals surface area contributed by atoms with Crippen LogP contribution < -0.4 is 5.73 Å². The molecular weight excluding hydrogens is 108 g/mol. The third-order valence-electron chi connectivity index (χ3n) is 0.711. The molecule has 0 aromatic rings. The summed E-state index contributed by atoms with van der Waals surface area (Å²) in [7, 11) is 0. The number of nitrogens with one attached hydrogen (secondary N) is 1. The minimum Gasteiger partial charge on any atom is -0.401 e. The molecule has 0 atom stereocenters. The first kappa shape index (κ1) is 4.71. The van der Waals surface area contributed by atoms with E-state index in [0.717, 1.165) is 11.4 Å². The van der Waals surface area contributed by atoms with Gasteiger partial charge in [0, 0.05) is 11.4 Å². The number of hydrogen-bond donors (Lipinski definition) is 2. The van der Waals surface area contributed by atoms with Crippen LogP contribution in [0.25, 0.3) is 0 Å². The summed E-state index contributed by atoms with van der Waals surface area (Å²) in [6.45, 7) is 0. The first-order valence-corrected chi connectivity index (χ1v) is 2.95. The van der Waals surface area contributed by atoms with Gasteiger partial charge in [-0.1, -0.05) is 0 Å². The second kappa shape index (κ2) is 1.58. The van der Waals surface area contributed by atoms with Crippen molar-refractivity contribution in [2.75, 3.05) is 5.75 Å². The van der Waals surface area contributed by atoms with Crippen LogP contribution >= 0.6 is 11.8 Å². The highest BCUT2D eigenvalue weighted by atomic mass is 32.2. The molecule has 1 aliphatic rings. The van der Waals surface area contributed by atoms with Crippen molar-refractivity contribution in [3.63, 3.8) is 0 Å². The fraction of sp³-hybridized carbons (Fsp3) is 0.250. The Balaban J connectivity index is 2.67. The van der Waals surface area contributed by atoms with Crippen molar-refractivity contribution in [2.45, 2.75) is 0 Å². The van der Waals surface area contributed by atoms with E-state index in [1.165, 1.54) is 11.8 Å². The Bertz CT molecular complexity index is 128. The Kier molecular flexibility index (Phi) is 1.06. The van der Waals surface area contributed by atoms with Crippen LogP contribution in [0, 0.1) is 5.41 Å². The molecule has 38 valence electrons. The van der Waals surface area contributed by atoms with Crippen molar-refractivity contribution in [3.05, 3.63) is 11.8 Å². The molecule has 1 heterocycles. The van der Waals surface area contributed by atoms with Crippen LogP contribution in [0.4, 0.5) is 0 Å². The minimum absolute atomic E-state index is 0.581. The van der Waals surface area contributed by atoms with Crippen LogP contribution in [0.15, 0.2) is 11.8 Å². The van der Waals surface area contributed by atoms with E-state index in [-0.39, 0.29) is 0 Å². The van der Waals surface area contributed by atoms with E-state index in [1.54, 1.807) is 6.08 Å². The Morgan fingerprint density at radius 2 is 2.57 bits per heavy atom. The number of hydrogen-bond acceptors (Lipinski definition) is 3. The van der Waals surface area contributed by atoms with Gasteiger partial charge in [0.05, 0.1) is 5.04 Å². The fourth-order valence-electron chi connectivity index (χ4n) is 0.413. The van der Waals surface area contributed by atoms with Crippen LogP contribution in [0.2, 0.25) is 0 Å². The standard InChI is InChI=1S/C4H6N2S/c5-3-1-4(6)7-2-3/h1,6H,2,5H2. The van der Waals surface area contributed by atoms with Crippen molar-refractivity contribution in [1.82, 2.24) is 0 Å². The van der Waals surface area contributed by atoms with Gasteiger partial charge in [0.2, 0.25) is 0 Å². The van der Waals surface area contributed by atoms with Gasteiger partial charge in [0.15, 0.2) is 0 Å². The molecule has 0 unspecified atom stereocenters. The van der Waals surface area contributed by atoms with Crippen LogP contribution in [0.3, 0.4) is 0 Å². The molecule has 0 amide bonds. The average Bonchev–Trinajstić information content (AvgIpc) is 1.87. The SMILES string of the molecule is N=C1C=C(N)CS1. The third-order valence-corrected chi connectivity index (χ3v) is 1.62. The highest BCUT2D eigenvalue weighted by Crippen LogP contribution is 2.14. The lowest BCUT2D eigenvalue weighted by molar-refractivity contribution is 1.35. The molecule has 7 heavy (non-hydrogen) atoms. The average molecular weight is 114 g/mol. The number of thioether (sulfide) groups is 1. The molecule has 2 nitrogen and oxygen atoms in total. The van der Waals surface area contributed by atoms with Crippen molar-refractivity contribution in [2.24, 2.45) is 5.73 Å². The van der Waals surface area contributed by atoms with Gasteiger partial charge in [0.25, 0.3) is 0 Å². The largest absolute Gasteiger partial charge is 0.401 e. The molecule has 0 saturated heterocycles. The molecule has 0 spiro atoms. The molecule has 0 aromatic heterocycles. The minimum atomic E-state index is 0.581. The first-order valence-electron chi connectivity index (χ1n) is 1.96. The zero-order chi connectivity index (χ0) is 5.28. The van der Waals surface area contributed by atoms with E-state index >= 15 is 0 Å². The van der Waals surface area contributed by atoms with Gasteiger partial charge in [0.1, 0.15) is 0 Å². The highest BCUT2D eigenvalue weighted by Gasteiger charge is 2.03. The maximum absolute atomic E-state index is 6.99. The van der Waals surface area contributed by atoms with Gasteiger partial charge in [-0.2, -0.15) is 0 Å².